The van der Waals surface area contributed by atoms with Crippen LogP contribution in [0.1, 0.15) is 17.0 Å². The van der Waals surface area contributed by atoms with Crippen LogP contribution in [0.25, 0.3) is 11.3 Å². The average Bonchev–Trinajstić information content (AvgIpc) is 2.85. The second kappa shape index (κ2) is 8.82. The molecular formula is C16H19BrF2NO5SSi-. The predicted molar refractivity (Wildman–Crippen MR) is 103 cm³/mol. The molecule has 2 atom stereocenters. The molecule has 0 spiro atoms. The van der Waals surface area contributed by atoms with Gasteiger partial charge in [-0.15, -0.1) is 0 Å². The first-order valence-electron chi connectivity index (χ1n) is 7.96. The first-order valence-corrected chi connectivity index (χ1v) is 13.4. The zero-order chi connectivity index (χ0) is 20.4. The van der Waals surface area contributed by atoms with Crippen LogP contribution in [-0.4, -0.2) is 28.7 Å². The van der Waals surface area contributed by atoms with E-state index in [4.69, 9.17) is 8.84 Å². The zero-order valence-electron chi connectivity index (χ0n) is 14.8. The Kier molecular flexibility index (Phi) is 7.19. The van der Waals surface area contributed by atoms with Crippen molar-refractivity contribution in [3.05, 3.63) is 35.6 Å². The maximum Gasteiger partial charge on any atom is 0.242 e. The number of halogens is 3. The SMILES string of the molecule is C[Si](C)(C)Oc1c(C(Br)CCNS(=O)[O-])oc(-c2cc(F)ccc2F)c1O. The van der Waals surface area contributed by atoms with Crippen LogP contribution in [0.4, 0.5) is 8.78 Å². The van der Waals surface area contributed by atoms with Gasteiger partial charge in [0.05, 0.1) is 10.4 Å². The van der Waals surface area contributed by atoms with Crippen LogP contribution in [0.3, 0.4) is 0 Å². The number of nitrogens with one attached hydrogen (secondary N) is 1. The number of rotatable bonds is 8. The molecule has 0 aliphatic rings. The van der Waals surface area contributed by atoms with Gasteiger partial charge in [-0.25, -0.2) is 13.5 Å². The Morgan fingerprint density at radius 2 is 2.07 bits per heavy atom. The van der Waals surface area contributed by atoms with Gasteiger partial charge in [0.15, 0.2) is 17.3 Å². The van der Waals surface area contributed by atoms with Gasteiger partial charge in [0, 0.05) is 17.8 Å². The van der Waals surface area contributed by atoms with E-state index in [0.29, 0.717) is 0 Å². The Hall–Kier alpha value is -1.27. The zero-order valence-corrected chi connectivity index (χ0v) is 18.2. The molecular weight excluding hydrogens is 464 g/mol. The fourth-order valence-corrected chi connectivity index (χ4v) is 3.91. The van der Waals surface area contributed by atoms with E-state index in [1.165, 1.54) is 0 Å². The van der Waals surface area contributed by atoms with Crippen molar-refractivity contribution < 1.29 is 31.5 Å². The molecule has 1 aromatic carbocycles. The first-order chi connectivity index (χ1) is 12.5. The lowest BCUT2D eigenvalue weighted by molar-refractivity contribution is 0.438. The maximum atomic E-state index is 14.1. The third-order valence-electron chi connectivity index (χ3n) is 3.35. The molecule has 27 heavy (non-hydrogen) atoms. The minimum Gasteiger partial charge on any atom is -0.760 e. The number of furan rings is 1. The number of alkyl halides is 1. The summed E-state index contributed by atoms with van der Waals surface area (Å²) in [5, 5.41) is 10.6. The highest BCUT2D eigenvalue weighted by Gasteiger charge is 2.31. The van der Waals surface area contributed by atoms with Gasteiger partial charge in [-0.1, -0.05) is 15.9 Å². The highest BCUT2D eigenvalue weighted by Crippen LogP contribution is 2.49. The Bertz CT molecular complexity index is 843. The van der Waals surface area contributed by atoms with Gasteiger partial charge in [-0.3, -0.25) is 4.21 Å². The van der Waals surface area contributed by atoms with E-state index in [9.17, 15) is 22.6 Å². The Morgan fingerprint density at radius 1 is 1.41 bits per heavy atom. The van der Waals surface area contributed by atoms with Gasteiger partial charge in [0.25, 0.3) is 0 Å². The first kappa shape index (κ1) is 22.0. The summed E-state index contributed by atoms with van der Waals surface area (Å²) in [5.74, 6) is -1.91. The van der Waals surface area contributed by atoms with Crippen LogP contribution in [0.5, 0.6) is 11.5 Å². The molecule has 1 heterocycles. The summed E-state index contributed by atoms with van der Waals surface area (Å²) in [7, 11) is -2.19. The van der Waals surface area contributed by atoms with E-state index in [1.54, 1.807) is 0 Å². The molecule has 2 rings (SSSR count). The lowest BCUT2D eigenvalue weighted by Crippen LogP contribution is -2.29. The fraction of sp³-hybridized carbons (Fsp3) is 0.375. The third-order valence-corrected chi connectivity index (χ3v) is 5.48. The largest absolute Gasteiger partial charge is 0.760 e. The van der Waals surface area contributed by atoms with E-state index in [-0.39, 0.29) is 35.8 Å². The van der Waals surface area contributed by atoms with Gasteiger partial charge in [-0.05, 0) is 44.3 Å². The second-order valence-corrected chi connectivity index (χ2v) is 13.0. The summed E-state index contributed by atoms with van der Waals surface area (Å²) in [6, 6.07) is 2.81. The van der Waals surface area contributed by atoms with E-state index in [2.05, 4.69) is 20.7 Å². The monoisotopic (exact) mass is 482 g/mol. The van der Waals surface area contributed by atoms with Gasteiger partial charge < -0.3 is 18.5 Å². The topological polar surface area (TPSA) is 94.8 Å². The lowest BCUT2D eigenvalue weighted by Gasteiger charge is -2.20. The van der Waals surface area contributed by atoms with Crippen LogP contribution < -0.4 is 9.15 Å². The Balaban J connectivity index is 2.48. The molecule has 1 aromatic heterocycles. The third kappa shape index (κ3) is 5.85. The van der Waals surface area contributed by atoms with Crippen molar-refractivity contribution in [2.24, 2.45) is 0 Å². The van der Waals surface area contributed by atoms with Gasteiger partial charge in [0.2, 0.25) is 14.1 Å². The molecule has 0 amide bonds. The lowest BCUT2D eigenvalue weighted by atomic mass is 10.1. The quantitative estimate of drug-likeness (QED) is 0.331. The molecule has 150 valence electrons. The smallest absolute Gasteiger partial charge is 0.242 e. The van der Waals surface area contributed by atoms with Gasteiger partial charge in [0.1, 0.15) is 11.6 Å². The summed E-state index contributed by atoms with van der Waals surface area (Å²) in [5.41, 5.74) is -0.238. The van der Waals surface area contributed by atoms with Crippen molar-refractivity contribution in [2.45, 2.75) is 30.9 Å². The number of hydrogen-bond donors (Lipinski definition) is 2. The summed E-state index contributed by atoms with van der Waals surface area (Å²) in [6.45, 7) is 5.76. The van der Waals surface area contributed by atoms with Crippen LogP contribution >= 0.6 is 15.9 Å². The van der Waals surface area contributed by atoms with Crippen molar-refractivity contribution in [1.82, 2.24) is 4.72 Å². The minimum absolute atomic E-state index is 0.0398. The highest BCUT2D eigenvalue weighted by molar-refractivity contribution is 9.09. The maximum absolute atomic E-state index is 14.1. The highest BCUT2D eigenvalue weighted by atomic mass is 79.9. The summed E-state index contributed by atoms with van der Waals surface area (Å²) in [6.07, 6.45) is 0.272. The molecule has 2 unspecified atom stereocenters. The molecule has 0 radical (unpaired) electrons. The van der Waals surface area contributed by atoms with Crippen LogP contribution in [0.15, 0.2) is 22.6 Å². The average molecular weight is 483 g/mol. The number of aromatic hydroxyl groups is 1. The molecule has 2 aromatic rings. The standard InChI is InChI=1S/C16H20BrF2NO5SSi/c1-27(2,3)25-16-13(21)14(10-8-9(18)4-5-12(10)19)24-15(16)11(17)6-7-20-26(22)23/h4-5,8,11,20-21H,6-7H2,1-3H3,(H,22,23)/p-1. The second-order valence-electron chi connectivity index (χ2n) is 6.70. The van der Waals surface area contributed by atoms with Crippen molar-refractivity contribution in [2.75, 3.05) is 6.54 Å². The summed E-state index contributed by atoms with van der Waals surface area (Å²) in [4.78, 5) is -0.531. The molecule has 11 heteroatoms. The van der Waals surface area contributed by atoms with Crippen LogP contribution in [0.2, 0.25) is 19.6 Å². The number of benzene rings is 1. The normalized spacial score (nSPS) is 14.2. The predicted octanol–water partition coefficient (Wildman–Crippen LogP) is 4.35. The molecule has 6 nitrogen and oxygen atoms in total. The van der Waals surface area contributed by atoms with Crippen molar-refractivity contribution in [3.8, 4) is 22.8 Å². The van der Waals surface area contributed by atoms with Crippen molar-refractivity contribution >= 4 is 35.5 Å². The minimum atomic E-state index is -2.41. The van der Waals surface area contributed by atoms with E-state index < -0.39 is 41.8 Å². The van der Waals surface area contributed by atoms with E-state index in [1.807, 2.05) is 19.6 Å². The molecule has 2 N–H and O–H groups in total. The van der Waals surface area contributed by atoms with Crippen molar-refractivity contribution in [3.63, 3.8) is 0 Å². The van der Waals surface area contributed by atoms with E-state index >= 15 is 0 Å². The summed E-state index contributed by atoms with van der Waals surface area (Å²) < 4.78 is 62.7. The van der Waals surface area contributed by atoms with Gasteiger partial charge in [-0.2, -0.15) is 0 Å². The summed E-state index contributed by atoms with van der Waals surface area (Å²) >= 11 is 0.959. The van der Waals surface area contributed by atoms with E-state index in [0.717, 1.165) is 18.2 Å². The van der Waals surface area contributed by atoms with Gasteiger partial charge >= 0.3 is 0 Å². The fourth-order valence-electron chi connectivity index (χ4n) is 2.29. The molecule has 0 saturated carbocycles. The molecule has 0 aliphatic carbocycles. The Labute approximate surface area is 167 Å². The molecule has 0 aliphatic heterocycles. The Morgan fingerprint density at radius 3 is 2.67 bits per heavy atom. The van der Waals surface area contributed by atoms with Crippen LogP contribution in [-0.2, 0) is 11.3 Å². The molecule has 0 bridgehead atoms. The van der Waals surface area contributed by atoms with Crippen LogP contribution in [0, 0.1) is 11.6 Å². The number of hydrogen-bond acceptors (Lipinski definition) is 5. The molecule has 0 fully saturated rings. The molecule has 0 saturated heterocycles. The van der Waals surface area contributed by atoms with Crippen molar-refractivity contribution in [1.29, 1.82) is 0 Å².